The summed E-state index contributed by atoms with van der Waals surface area (Å²) in [6.45, 7) is 2.78. The molecule has 1 aromatic rings. The van der Waals surface area contributed by atoms with Crippen LogP contribution in [0.4, 0.5) is 0 Å². The van der Waals surface area contributed by atoms with Crippen molar-refractivity contribution in [3.05, 3.63) is 33.3 Å². The Morgan fingerprint density at radius 3 is 2.75 bits per heavy atom. The molecule has 20 heavy (non-hydrogen) atoms. The minimum absolute atomic E-state index is 0.0526. The van der Waals surface area contributed by atoms with E-state index in [0.29, 0.717) is 34.6 Å². The lowest BCUT2D eigenvalue weighted by molar-refractivity contribution is -0.145. The fourth-order valence-corrected chi connectivity index (χ4v) is 3.12. The molecule has 0 saturated carbocycles. The number of amides is 1. The molecule has 1 aliphatic heterocycles. The molecule has 6 heteroatoms. The highest BCUT2D eigenvalue weighted by Crippen LogP contribution is 2.27. The topological polar surface area (TPSA) is 57.6 Å². The maximum absolute atomic E-state index is 12.5. The van der Waals surface area contributed by atoms with Gasteiger partial charge in [0.1, 0.15) is 0 Å². The summed E-state index contributed by atoms with van der Waals surface area (Å²) in [7, 11) is 0. The molecule has 108 valence electrons. The Morgan fingerprint density at radius 1 is 1.45 bits per heavy atom. The molecule has 2 atom stereocenters. The zero-order chi connectivity index (χ0) is 14.9. The summed E-state index contributed by atoms with van der Waals surface area (Å²) in [5.74, 6) is -1.33. The predicted molar refractivity (Wildman–Crippen MR) is 80.0 cm³/mol. The number of carbonyl (C=O) groups is 2. The Hall–Kier alpha value is -1.07. The lowest BCUT2D eigenvalue weighted by Gasteiger charge is -2.35. The standard InChI is InChI=1S/C14H15BrClNO3/c1-8-7-17(5-4-10(8)14(19)20)13(18)11-6-9(16)2-3-12(11)15/h2-3,6,8,10H,4-5,7H2,1H3,(H,19,20). The molecule has 0 radical (unpaired) electrons. The van der Waals surface area contributed by atoms with Crippen LogP contribution in [0.25, 0.3) is 0 Å². The minimum atomic E-state index is -0.784. The first kappa shape index (κ1) is 15.3. The van der Waals surface area contributed by atoms with Gasteiger partial charge in [0.05, 0.1) is 11.5 Å². The third-order valence-electron chi connectivity index (χ3n) is 3.67. The van der Waals surface area contributed by atoms with Gasteiger partial charge in [-0.2, -0.15) is 0 Å². The fraction of sp³-hybridized carbons (Fsp3) is 0.429. The van der Waals surface area contributed by atoms with Crippen molar-refractivity contribution in [1.82, 2.24) is 4.90 Å². The molecule has 1 N–H and O–H groups in total. The molecule has 1 amide bonds. The number of carboxylic acid groups (broad SMARTS) is 1. The molecular formula is C14H15BrClNO3. The van der Waals surface area contributed by atoms with Gasteiger partial charge in [-0.3, -0.25) is 9.59 Å². The van der Waals surface area contributed by atoms with Gasteiger partial charge in [-0.05, 0) is 46.5 Å². The summed E-state index contributed by atoms with van der Waals surface area (Å²) >= 11 is 9.27. The van der Waals surface area contributed by atoms with Gasteiger partial charge >= 0.3 is 5.97 Å². The maximum Gasteiger partial charge on any atom is 0.306 e. The minimum Gasteiger partial charge on any atom is -0.481 e. The fourth-order valence-electron chi connectivity index (χ4n) is 2.53. The van der Waals surface area contributed by atoms with Crippen molar-refractivity contribution in [2.75, 3.05) is 13.1 Å². The van der Waals surface area contributed by atoms with Crippen LogP contribution in [0.5, 0.6) is 0 Å². The molecule has 0 aliphatic carbocycles. The van der Waals surface area contributed by atoms with E-state index in [2.05, 4.69) is 15.9 Å². The Bertz CT molecular complexity index is 549. The molecule has 1 heterocycles. The van der Waals surface area contributed by atoms with Crippen molar-refractivity contribution in [2.24, 2.45) is 11.8 Å². The van der Waals surface area contributed by atoms with Crippen LogP contribution in [0, 0.1) is 11.8 Å². The molecule has 1 fully saturated rings. The zero-order valence-electron chi connectivity index (χ0n) is 11.0. The van der Waals surface area contributed by atoms with E-state index in [1.165, 1.54) is 0 Å². The van der Waals surface area contributed by atoms with Crippen molar-refractivity contribution in [3.8, 4) is 0 Å². The summed E-state index contributed by atoms with van der Waals surface area (Å²) in [5.41, 5.74) is 0.512. The first-order chi connectivity index (χ1) is 9.40. The summed E-state index contributed by atoms with van der Waals surface area (Å²) in [6.07, 6.45) is 0.487. The van der Waals surface area contributed by atoms with E-state index < -0.39 is 5.97 Å². The molecule has 0 spiro atoms. The van der Waals surface area contributed by atoms with Gasteiger partial charge in [-0.1, -0.05) is 18.5 Å². The molecule has 0 bridgehead atoms. The van der Waals surface area contributed by atoms with Crippen LogP contribution >= 0.6 is 27.5 Å². The first-order valence-corrected chi connectivity index (χ1v) is 7.54. The van der Waals surface area contributed by atoms with Crippen molar-refractivity contribution in [3.63, 3.8) is 0 Å². The summed E-state index contributed by atoms with van der Waals surface area (Å²) in [4.78, 5) is 25.3. The largest absolute Gasteiger partial charge is 0.481 e. The van der Waals surface area contributed by atoms with Gasteiger partial charge in [0.15, 0.2) is 0 Å². The van der Waals surface area contributed by atoms with Crippen molar-refractivity contribution < 1.29 is 14.7 Å². The Morgan fingerprint density at radius 2 is 2.15 bits per heavy atom. The SMILES string of the molecule is CC1CN(C(=O)c2cc(Cl)ccc2Br)CCC1C(=O)O. The van der Waals surface area contributed by atoms with E-state index in [-0.39, 0.29) is 17.7 Å². The Balaban J connectivity index is 2.15. The second kappa shape index (κ2) is 6.14. The van der Waals surface area contributed by atoms with E-state index >= 15 is 0 Å². The van der Waals surface area contributed by atoms with Gasteiger partial charge < -0.3 is 10.0 Å². The van der Waals surface area contributed by atoms with E-state index in [4.69, 9.17) is 16.7 Å². The molecular weight excluding hydrogens is 346 g/mol. The number of rotatable bonds is 2. The van der Waals surface area contributed by atoms with Crippen molar-refractivity contribution in [2.45, 2.75) is 13.3 Å². The second-order valence-corrected chi connectivity index (χ2v) is 6.38. The van der Waals surface area contributed by atoms with Crippen LogP contribution in [0.1, 0.15) is 23.7 Å². The van der Waals surface area contributed by atoms with Crippen LogP contribution in [-0.2, 0) is 4.79 Å². The molecule has 2 rings (SSSR count). The smallest absolute Gasteiger partial charge is 0.306 e. The molecule has 1 aromatic carbocycles. The number of carbonyl (C=O) groups excluding carboxylic acids is 1. The lowest BCUT2D eigenvalue weighted by atomic mass is 9.87. The highest BCUT2D eigenvalue weighted by Gasteiger charge is 2.33. The van der Waals surface area contributed by atoms with Crippen LogP contribution in [0.3, 0.4) is 0 Å². The quantitative estimate of drug-likeness (QED) is 0.880. The highest BCUT2D eigenvalue weighted by molar-refractivity contribution is 9.10. The van der Waals surface area contributed by atoms with Crippen molar-refractivity contribution >= 4 is 39.4 Å². The van der Waals surface area contributed by atoms with E-state index in [9.17, 15) is 9.59 Å². The maximum atomic E-state index is 12.5. The number of nitrogens with zero attached hydrogens (tertiary/aromatic N) is 1. The first-order valence-electron chi connectivity index (χ1n) is 6.37. The van der Waals surface area contributed by atoms with E-state index in [1.807, 2.05) is 6.92 Å². The Labute approximate surface area is 130 Å². The molecule has 1 saturated heterocycles. The third kappa shape index (κ3) is 3.15. The van der Waals surface area contributed by atoms with Crippen molar-refractivity contribution in [1.29, 1.82) is 0 Å². The van der Waals surface area contributed by atoms with Gasteiger partial charge in [0, 0.05) is 22.6 Å². The number of benzene rings is 1. The predicted octanol–water partition coefficient (Wildman–Crippen LogP) is 3.29. The summed E-state index contributed by atoms with van der Waals surface area (Å²) in [6, 6.07) is 5.08. The number of hydrogen-bond acceptors (Lipinski definition) is 2. The number of hydrogen-bond donors (Lipinski definition) is 1. The summed E-state index contributed by atoms with van der Waals surface area (Å²) in [5, 5.41) is 9.61. The van der Waals surface area contributed by atoms with Crippen LogP contribution in [-0.4, -0.2) is 35.0 Å². The summed E-state index contributed by atoms with van der Waals surface area (Å²) < 4.78 is 0.694. The monoisotopic (exact) mass is 359 g/mol. The van der Waals surface area contributed by atoms with E-state index in [1.54, 1.807) is 23.1 Å². The number of likely N-dealkylation sites (tertiary alicyclic amines) is 1. The van der Waals surface area contributed by atoms with E-state index in [0.717, 1.165) is 0 Å². The molecule has 2 unspecified atom stereocenters. The highest BCUT2D eigenvalue weighted by atomic mass is 79.9. The average Bonchev–Trinajstić information content (AvgIpc) is 2.40. The zero-order valence-corrected chi connectivity index (χ0v) is 13.3. The number of halogens is 2. The van der Waals surface area contributed by atoms with Gasteiger partial charge in [0.2, 0.25) is 0 Å². The van der Waals surface area contributed by atoms with Gasteiger partial charge in [-0.25, -0.2) is 0 Å². The third-order valence-corrected chi connectivity index (χ3v) is 4.60. The Kier molecular flexibility index (Phi) is 4.70. The molecule has 1 aliphatic rings. The van der Waals surface area contributed by atoms with Crippen LogP contribution in [0.15, 0.2) is 22.7 Å². The number of carboxylic acids is 1. The van der Waals surface area contributed by atoms with Gasteiger partial charge in [-0.15, -0.1) is 0 Å². The van der Waals surface area contributed by atoms with Crippen LogP contribution in [0.2, 0.25) is 5.02 Å². The second-order valence-electron chi connectivity index (χ2n) is 5.09. The molecule has 4 nitrogen and oxygen atoms in total. The van der Waals surface area contributed by atoms with Crippen LogP contribution < -0.4 is 0 Å². The normalized spacial score (nSPS) is 22.6. The average molecular weight is 361 g/mol. The lowest BCUT2D eigenvalue weighted by Crippen LogP contribution is -2.45. The van der Waals surface area contributed by atoms with Gasteiger partial charge in [0.25, 0.3) is 5.91 Å². The number of piperidine rings is 1. The molecule has 0 aromatic heterocycles. The number of aliphatic carboxylic acids is 1.